The fraction of sp³-hybridized carbons (Fsp3) is 0.0909. The van der Waals surface area contributed by atoms with Crippen molar-refractivity contribution in [1.82, 2.24) is 5.32 Å². The van der Waals surface area contributed by atoms with Gasteiger partial charge < -0.3 is 15.4 Å². The van der Waals surface area contributed by atoms with Gasteiger partial charge in [-0.2, -0.15) is 0 Å². The molecule has 4 aromatic rings. The first-order valence-corrected chi connectivity index (χ1v) is 15.2. The molecule has 8 nitrogen and oxygen atoms in total. The summed E-state index contributed by atoms with van der Waals surface area (Å²) in [5.74, 6) is -0.900. The number of anilines is 2. The van der Waals surface area contributed by atoms with Crippen LogP contribution in [0.2, 0.25) is 0 Å². The molecule has 2 N–H and O–H groups in total. The van der Waals surface area contributed by atoms with E-state index in [-0.39, 0.29) is 23.9 Å². The Hall–Kier alpha value is -4.42. The van der Waals surface area contributed by atoms with E-state index in [9.17, 15) is 19.2 Å². The van der Waals surface area contributed by atoms with Crippen LogP contribution in [-0.4, -0.2) is 36.0 Å². The maximum atomic E-state index is 13.5. The molecule has 1 saturated heterocycles. The highest BCUT2D eigenvalue weighted by Gasteiger charge is 2.40. The molecular weight excluding hydrogens is 677 g/mol. The van der Waals surface area contributed by atoms with Crippen LogP contribution >= 0.6 is 34.4 Å². The summed E-state index contributed by atoms with van der Waals surface area (Å²) in [6, 6.07) is 29.9. The van der Waals surface area contributed by atoms with Crippen LogP contribution in [-0.2, 0) is 14.4 Å². The van der Waals surface area contributed by atoms with Crippen LogP contribution in [0.15, 0.2) is 114 Å². The van der Waals surface area contributed by atoms with E-state index in [4.69, 9.17) is 4.74 Å². The number of amides is 4. The van der Waals surface area contributed by atoms with Crippen molar-refractivity contribution >= 4 is 75.4 Å². The number of methoxy groups -OCH3 is 1. The van der Waals surface area contributed by atoms with Crippen LogP contribution in [0.25, 0.3) is 6.08 Å². The van der Waals surface area contributed by atoms with Crippen LogP contribution in [0.1, 0.15) is 22.3 Å². The number of imide groups is 1. The molecule has 1 aliphatic rings. The third kappa shape index (κ3) is 7.51. The Morgan fingerprint density at radius 2 is 1.67 bits per heavy atom. The monoisotopic (exact) mass is 703 g/mol. The van der Waals surface area contributed by atoms with Crippen LogP contribution in [0.5, 0.6) is 5.75 Å². The number of halogens is 1. The number of ether oxygens (including phenoxy) is 1. The molecule has 4 aromatic carbocycles. The lowest BCUT2D eigenvalue weighted by Gasteiger charge is -2.15. The summed E-state index contributed by atoms with van der Waals surface area (Å²) in [7, 11) is 1.55. The van der Waals surface area contributed by atoms with Crippen molar-refractivity contribution in [2.75, 3.05) is 17.3 Å². The van der Waals surface area contributed by atoms with Crippen LogP contribution < -0.4 is 20.3 Å². The first-order valence-electron chi connectivity index (χ1n) is 13.2. The zero-order valence-electron chi connectivity index (χ0n) is 23.0. The zero-order valence-corrected chi connectivity index (χ0v) is 25.9. The summed E-state index contributed by atoms with van der Waals surface area (Å²) >= 11 is 3.43. The Kier molecular flexibility index (Phi) is 9.58. The molecule has 0 aromatic heterocycles. The predicted molar refractivity (Wildman–Crippen MR) is 176 cm³/mol. The number of hydrogen-bond acceptors (Lipinski definition) is 6. The van der Waals surface area contributed by atoms with Gasteiger partial charge in [-0.3, -0.25) is 19.2 Å². The molecule has 0 radical (unpaired) electrons. The molecule has 0 aliphatic carbocycles. The molecule has 4 amide bonds. The molecule has 10 heteroatoms. The van der Waals surface area contributed by atoms with Gasteiger partial charge in [-0.15, -0.1) is 11.8 Å². The van der Waals surface area contributed by atoms with Crippen molar-refractivity contribution in [3.8, 4) is 5.75 Å². The fourth-order valence-corrected chi connectivity index (χ4v) is 5.88. The normalized spacial score (nSPS) is 14.9. The second kappa shape index (κ2) is 13.7. The van der Waals surface area contributed by atoms with Crippen LogP contribution in [0.4, 0.5) is 11.4 Å². The quantitative estimate of drug-likeness (QED) is 0.124. The zero-order chi connectivity index (χ0) is 30.3. The topological polar surface area (TPSA) is 105 Å². The van der Waals surface area contributed by atoms with Crippen molar-refractivity contribution in [1.29, 1.82) is 0 Å². The molecular formula is C33H26IN3O5S. The van der Waals surface area contributed by atoms with E-state index < -0.39 is 17.1 Å². The number of nitrogens with one attached hydrogen (secondary N) is 2. The van der Waals surface area contributed by atoms with Crippen molar-refractivity contribution < 1.29 is 23.9 Å². The van der Waals surface area contributed by atoms with Crippen LogP contribution in [0.3, 0.4) is 0 Å². The second-order valence-corrected chi connectivity index (χ2v) is 12.0. The lowest BCUT2D eigenvalue weighted by atomic mass is 10.1. The number of nitrogens with zero attached hydrogens (tertiary/aromatic N) is 1. The number of thioether (sulfide) groups is 1. The third-order valence-electron chi connectivity index (χ3n) is 6.49. The highest BCUT2D eigenvalue weighted by Crippen LogP contribution is 2.35. The molecule has 1 fully saturated rings. The Morgan fingerprint density at radius 3 is 2.42 bits per heavy atom. The van der Waals surface area contributed by atoms with E-state index in [0.29, 0.717) is 33.1 Å². The van der Waals surface area contributed by atoms with Gasteiger partial charge in [0.25, 0.3) is 11.8 Å². The Morgan fingerprint density at radius 1 is 0.930 bits per heavy atom. The van der Waals surface area contributed by atoms with Gasteiger partial charge in [0, 0.05) is 26.1 Å². The number of carbonyl (C=O) groups excluding carboxylic acids is 4. The molecule has 1 heterocycles. The van der Waals surface area contributed by atoms with Gasteiger partial charge in [-0.05, 0) is 101 Å². The summed E-state index contributed by atoms with van der Waals surface area (Å²) in [5.41, 5.74) is 2.11. The maximum Gasteiger partial charge on any atom is 0.272 e. The minimum atomic E-state index is -0.591. The van der Waals surface area contributed by atoms with E-state index in [2.05, 4.69) is 33.2 Å². The molecule has 5 rings (SSSR count). The Balaban J connectivity index is 1.33. The summed E-state index contributed by atoms with van der Waals surface area (Å²) in [4.78, 5) is 54.2. The highest BCUT2D eigenvalue weighted by molar-refractivity contribution is 14.1. The van der Waals surface area contributed by atoms with Crippen molar-refractivity contribution in [3.05, 3.63) is 124 Å². The van der Waals surface area contributed by atoms with E-state index in [1.54, 1.807) is 98.1 Å². The molecule has 0 bridgehead atoms. The summed E-state index contributed by atoms with van der Waals surface area (Å²) < 4.78 is 6.30. The SMILES string of the molecule is COc1cccc(/C=C(\NC(=O)c2ccccc2)C(=O)Nc2cccc(SC3CC(=O)N(c4ccc(I)cc4)C3=O)c2)c1. The molecule has 0 spiro atoms. The highest BCUT2D eigenvalue weighted by atomic mass is 127. The fourth-order valence-electron chi connectivity index (χ4n) is 4.41. The van der Waals surface area contributed by atoms with Gasteiger partial charge in [-0.25, -0.2) is 4.90 Å². The molecule has 216 valence electrons. The van der Waals surface area contributed by atoms with Gasteiger partial charge in [-0.1, -0.05) is 36.4 Å². The van der Waals surface area contributed by atoms with Gasteiger partial charge in [0.15, 0.2) is 0 Å². The number of rotatable bonds is 9. The summed E-state index contributed by atoms with van der Waals surface area (Å²) in [6.45, 7) is 0. The number of carbonyl (C=O) groups is 4. The molecule has 43 heavy (non-hydrogen) atoms. The van der Waals surface area contributed by atoms with Gasteiger partial charge in [0.1, 0.15) is 11.4 Å². The van der Waals surface area contributed by atoms with E-state index >= 15 is 0 Å². The Bertz CT molecular complexity index is 1710. The summed E-state index contributed by atoms with van der Waals surface area (Å²) in [6.07, 6.45) is 1.64. The van der Waals surface area contributed by atoms with E-state index in [1.165, 1.54) is 16.7 Å². The molecule has 0 saturated carbocycles. The third-order valence-corrected chi connectivity index (χ3v) is 8.39. The maximum absolute atomic E-state index is 13.5. The number of benzene rings is 4. The standard InChI is InChI=1S/C33H26IN3O5S/c1-42-26-11-5-7-21(17-26)18-28(36-31(39)22-8-3-2-4-9-22)32(40)35-24-10-6-12-27(19-24)43-29-20-30(38)37(33(29)41)25-15-13-23(34)14-16-25/h2-19,29H,20H2,1H3,(H,35,40)(H,36,39)/b28-18-. The van der Waals surface area contributed by atoms with Crippen molar-refractivity contribution in [3.63, 3.8) is 0 Å². The summed E-state index contributed by atoms with van der Waals surface area (Å²) in [5, 5.41) is 4.98. The van der Waals surface area contributed by atoms with Crippen molar-refractivity contribution in [2.45, 2.75) is 16.6 Å². The van der Waals surface area contributed by atoms with Gasteiger partial charge in [0.05, 0.1) is 18.0 Å². The lowest BCUT2D eigenvalue weighted by Crippen LogP contribution is -2.31. The average Bonchev–Trinajstić information content (AvgIpc) is 3.29. The smallest absolute Gasteiger partial charge is 0.272 e. The van der Waals surface area contributed by atoms with E-state index in [1.807, 2.05) is 18.2 Å². The second-order valence-electron chi connectivity index (χ2n) is 9.49. The van der Waals surface area contributed by atoms with Crippen molar-refractivity contribution in [2.24, 2.45) is 0 Å². The molecule has 1 unspecified atom stereocenters. The van der Waals surface area contributed by atoms with Crippen LogP contribution in [0, 0.1) is 3.57 Å². The van der Waals surface area contributed by atoms with Gasteiger partial charge >= 0.3 is 0 Å². The van der Waals surface area contributed by atoms with E-state index in [0.717, 1.165) is 3.57 Å². The lowest BCUT2D eigenvalue weighted by molar-refractivity contribution is -0.121. The molecule has 1 atom stereocenters. The minimum Gasteiger partial charge on any atom is -0.497 e. The largest absolute Gasteiger partial charge is 0.497 e. The minimum absolute atomic E-state index is 0.0323. The Labute approximate surface area is 266 Å². The first kappa shape index (κ1) is 30.1. The number of hydrogen-bond donors (Lipinski definition) is 2. The first-order chi connectivity index (χ1) is 20.8. The average molecular weight is 704 g/mol. The molecule has 1 aliphatic heterocycles. The predicted octanol–water partition coefficient (Wildman–Crippen LogP) is 6.13. The van der Waals surface area contributed by atoms with Gasteiger partial charge in [0.2, 0.25) is 11.8 Å².